The van der Waals surface area contributed by atoms with Gasteiger partial charge in [-0.3, -0.25) is 4.79 Å². The molecule has 0 radical (unpaired) electrons. The summed E-state index contributed by atoms with van der Waals surface area (Å²) < 4.78 is 64.3. The number of hydrogen-bond acceptors (Lipinski definition) is 4. The highest BCUT2D eigenvalue weighted by Gasteiger charge is 2.29. The van der Waals surface area contributed by atoms with E-state index in [4.69, 9.17) is 5.11 Å². The fourth-order valence-corrected chi connectivity index (χ4v) is 2.31. The van der Waals surface area contributed by atoms with Gasteiger partial charge in [0, 0.05) is 13.5 Å². The second kappa shape index (κ2) is 6.90. The van der Waals surface area contributed by atoms with Gasteiger partial charge in [0.1, 0.15) is 6.04 Å². The van der Waals surface area contributed by atoms with Crippen LogP contribution in [0, 0.1) is 0 Å². The molecule has 0 saturated carbocycles. The van der Waals surface area contributed by atoms with Crippen LogP contribution in [0.2, 0.25) is 0 Å². The second-order valence-electron chi connectivity index (χ2n) is 3.50. The minimum Gasteiger partial charge on any atom is -0.480 e. The Morgan fingerprint density at radius 2 is 2.00 bits per heavy atom. The predicted octanol–water partition coefficient (Wildman–Crippen LogP) is 0.348. The van der Waals surface area contributed by atoms with Gasteiger partial charge < -0.3 is 9.84 Å². The molecule has 0 fully saturated rings. The lowest BCUT2D eigenvalue weighted by Crippen LogP contribution is -2.44. The lowest BCUT2D eigenvalue weighted by Gasteiger charge is -2.14. The average molecular weight is 293 g/mol. The zero-order valence-electron chi connectivity index (χ0n) is 9.53. The molecule has 2 N–H and O–H groups in total. The van der Waals surface area contributed by atoms with Crippen molar-refractivity contribution in [3.8, 4) is 0 Å². The highest BCUT2D eigenvalue weighted by molar-refractivity contribution is 7.89. The molecule has 18 heavy (non-hydrogen) atoms. The van der Waals surface area contributed by atoms with Crippen LogP contribution < -0.4 is 4.72 Å². The molecule has 0 aliphatic heterocycles. The summed E-state index contributed by atoms with van der Waals surface area (Å²) in [6, 6.07) is -1.51. The predicted molar refractivity (Wildman–Crippen MR) is 55.5 cm³/mol. The molecule has 0 aromatic heterocycles. The van der Waals surface area contributed by atoms with E-state index in [2.05, 4.69) is 4.74 Å². The molecule has 0 amide bonds. The van der Waals surface area contributed by atoms with Crippen LogP contribution in [-0.4, -0.2) is 51.2 Å². The van der Waals surface area contributed by atoms with Crippen molar-refractivity contribution in [1.29, 1.82) is 0 Å². The monoisotopic (exact) mass is 293 g/mol. The lowest BCUT2D eigenvalue weighted by molar-refractivity contribution is -0.140. The molecule has 1 unspecified atom stereocenters. The maximum Gasteiger partial charge on any atom is 0.389 e. The summed E-state index contributed by atoms with van der Waals surface area (Å²) in [6.07, 6.45) is -6.30. The molecule has 0 saturated heterocycles. The maximum absolute atomic E-state index is 11.8. The molecule has 0 aromatic rings. The van der Waals surface area contributed by atoms with Gasteiger partial charge in [-0.05, 0) is 6.42 Å². The van der Waals surface area contributed by atoms with E-state index < -0.39 is 53.4 Å². The summed E-state index contributed by atoms with van der Waals surface area (Å²) in [6.45, 7) is -0.409. The normalized spacial score (nSPS) is 14.4. The van der Waals surface area contributed by atoms with E-state index in [-0.39, 0.29) is 0 Å². The second-order valence-corrected chi connectivity index (χ2v) is 5.38. The summed E-state index contributed by atoms with van der Waals surface area (Å²) in [7, 11) is -2.91. The van der Waals surface area contributed by atoms with Crippen molar-refractivity contribution in [2.24, 2.45) is 0 Å². The Hall–Kier alpha value is -0.870. The van der Waals surface area contributed by atoms with Gasteiger partial charge in [-0.25, -0.2) is 8.42 Å². The molecule has 1 atom stereocenters. The highest BCUT2D eigenvalue weighted by atomic mass is 32.2. The van der Waals surface area contributed by atoms with E-state index in [1.165, 1.54) is 7.11 Å². The van der Waals surface area contributed by atoms with Gasteiger partial charge in [-0.1, -0.05) is 0 Å². The molecule has 0 bridgehead atoms. The van der Waals surface area contributed by atoms with E-state index in [9.17, 15) is 26.4 Å². The molecule has 0 heterocycles. The third-order valence-electron chi connectivity index (χ3n) is 1.83. The number of carboxylic acid groups (broad SMARTS) is 1. The van der Waals surface area contributed by atoms with Crippen molar-refractivity contribution in [2.75, 3.05) is 19.5 Å². The molecular formula is C8H14F3NO5S. The summed E-state index contributed by atoms with van der Waals surface area (Å²) in [5.41, 5.74) is 0. The molecule has 6 nitrogen and oxygen atoms in total. The number of ether oxygens (including phenoxy) is 1. The topological polar surface area (TPSA) is 92.7 Å². The number of halogens is 3. The van der Waals surface area contributed by atoms with Gasteiger partial charge in [0.2, 0.25) is 10.0 Å². The molecule has 0 rings (SSSR count). The van der Waals surface area contributed by atoms with Gasteiger partial charge in [0.05, 0.1) is 12.4 Å². The fraction of sp³-hybridized carbons (Fsp3) is 0.875. The average Bonchev–Trinajstić information content (AvgIpc) is 2.13. The number of rotatable bonds is 8. The number of hydrogen-bond donors (Lipinski definition) is 2. The number of carbonyl (C=O) groups is 1. The van der Waals surface area contributed by atoms with Gasteiger partial charge in [0.25, 0.3) is 0 Å². The molecule has 0 aliphatic carbocycles. The third-order valence-corrected chi connectivity index (χ3v) is 3.30. The van der Waals surface area contributed by atoms with Crippen LogP contribution in [0.15, 0.2) is 0 Å². The summed E-state index contributed by atoms with van der Waals surface area (Å²) in [5, 5.41) is 8.64. The Morgan fingerprint density at radius 1 is 1.44 bits per heavy atom. The van der Waals surface area contributed by atoms with Crippen molar-refractivity contribution in [1.82, 2.24) is 4.72 Å². The van der Waals surface area contributed by atoms with Crippen molar-refractivity contribution in [3.05, 3.63) is 0 Å². The summed E-state index contributed by atoms with van der Waals surface area (Å²) in [5.74, 6) is -2.25. The van der Waals surface area contributed by atoms with Gasteiger partial charge in [0.15, 0.2) is 0 Å². The molecule has 10 heteroatoms. The lowest BCUT2D eigenvalue weighted by atomic mass is 10.3. The Balaban J connectivity index is 4.33. The van der Waals surface area contributed by atoms with Crippen LogP contribution >= 0.6 is 0 Å². The third kappa shape index (κ3) is 8.25. The van der Waals surface area contributed by atoms with E-state index in [0.717, 1.165) is 0 Å². The first kappa shape index (κ1) is 17.1. The minimum absolute atomic E-state index is 0.409. The number of sulfonamides is 1. The zero-order valence-corrected chi connectivity index (χ0v) is 10.3. The molecular weight excluding hydrogens is 279 g/mol. The minimum atomic E-state index is -4.44. The fourth-order valence-electron chi connectivity index (χ4n) is 1.06. The number of carboxylic acids is 1. The number of aliphatic carboxylic acids is 1. The van der Waals surface area contributed by atoms with E-state index in [1.807, 2.05) is 0 Å². The Labute approximate surface area is 102 Å². The SMILES string of the molecule is COCC(NS(=O)(=O)CCCC(F)(F)F)C(=O)O. The van der Waals surface area contributed by atoms with Gasteiger partial charge in [-0.2, -0.15) is 17.9 Å². The zero-order chi connectivity index (χ0) is 14.4. The van der Waals surface area contributed by atoms with Crippen LogP contribution in [0.3, 0.4) is 0 Å². The summed E-state index contributed by atoms with van der Waals surface area (Å²) in [4.78, 5) is 10.6. The first-order valence-electron chi connectivity index (χ1n) is 4.86. The first-order valence-corrected chi connectivity index (χ1v) is 6.51. The maximum atomic E-state index is 11.8. The Morgan fingerprint density at radius 3 is 2.39 bits per heavy atom. The van der Waals surface area contributed by atoms with Crippen LogP contribution in [0.25, 0.3) is 0 Å². The van der Waals surface area contributed by atoms with Crippen molar-refractivity contribution < 1.29 is 36.2 Å². The molecule has 108 valence electrons. The van der Waals surface area contributed by atoms with Gasteiger partial charge >= 0.3 is 12.1 Å². The van der Waals surface area contributed by atoms with Crippen molar-refractivity contribution in [3.63, 3.8) is 0 Å². The molecule has 0 spiro atoms. The first-order chi connectivity index (χ1) is 8.07. The van der Waals surface area contributed by atoms with Crippen LogP contribution in [0.1, 0.15) is 12.8 Å². The smallest absolute Gasteiger partial charge is 0.389 e. The Bertz CT molecular complexity index is 367. The number of methoxy groups -OCH3 is 1. The largest absolute Gasteiger partial charge is 0.480 e. The summed E-state index contributed by atoms with van der Waals surface area (Å²) >= 11 is 0. The van der Waals surface area contributed by atoms with Crippen LogP contribution in [0.5, 0.6) is 0 Å². The highest BCUT2D eigenvalue weighted by Crippen LogP contribution is 2.21. The number of alkyl halides is 3. The van der Waals surface area contributed by atoms with E-state index in [0.29, 0.717) is 0 Å². The van der Waals surface area contributed by atoms with Crippen LogP contribution in [-0.2, 0) is 19.6 Å². The quantitative estimate of drug-likeness (QED) is 0.673. The number of nitrogens with one attached hydrogen (secondary N) is 1. The van der Waals surface area contributed by atoms with Gasteiger partial charge in [-0.15, -0.1) is 0 Å². The Kier molecular flexibility index (Phi) is 6.57. The molecule has 0 aromatic carbocycles. The van der Waals surface area contributed by atoms with E-state index >= 15 is 0 Å². The standard InChI is InChI=1S/C8H14F3NO5S/c1-17-5-6(7(13)14)12-18(15,16)4-2-3-8(9,10)11/h6,12H,2-5H2,1H3,(H,13,14). The van der Waals surface area contributed by atoms with Crippen molar-refractivity contribution in [2.45, 2.75) is 25.1 Å². The molecule has 0 aliphatic rings. The van der Waals surface area contributed by atoms with E-state index in [1.54, 1.807) is 4.72 Å². The van der Waals surface area contributed by atoms with Crippen LogP contribution in [0.4, 0.5) is 13.2 Å². The van der Waals surface area contributed by atoms with Crippen molar-refractivity contribution >= 4 is 16.0 Å².